The molecule has 2 nitrogen and oxygen atoms in total. The van der Waals surface area contributed by atoms with Crippen LogP contribution in [-0.4, -0.2) is 0 Å². The van der Waals surface area contributed by atoms with Crippen molar-refractivity contribution in [2.45, 2.75) is 27.7 Å². The number of rotatable bonds is 8. The standard InChI is InChI=1S/C72H52N2/c1-45-35-46(2)38-57(37-45)73(67-25-13-21-51-17-9-11-23-59(51)67)69-43-65(55-29-27-49-15-5-7-19-53(49)41-55)61-32-34-64-70(74(58-39-47(3)36-48(4)40-58)68-26-14-22-52-18-10-12-24-60(52)68)44-66(62-31-33-63(69)71(61)72(62)64)56-30-28-50-16-6-8-20-54(50)42-56/h5-44H,1-4H3. The molecular weight excluding hydrogens is 893 g/mol. The van der Waals surface area contributed by atoms with Crippen LogP contribution in [0.2, 0.25) is 0 Å². The molecule has 14 rings (SSSR count). The van der Waals surface area contributed by atoms with Crippen LogP contribution in [0.25, 0.3) is 97.7 Å². The van der Waals surface area contributed by atoms with E-state index >= 15 is 0 Å². The highest BCUT2D eigenvalue weighted by atomic mass is 15.2. The number of anilines is 6. The van der Waals surface area contributed by atoms with Crippen LogP contribution in [-0.2, 0) is 0 Å². The number of nitrogens with zero attached hydrogens (tertiary/aromatic N) is 2. The van der Waals surface area contributed by atoms with Gasteiger partial charge in [-0.15, -0.1) is 0 Å². The Bertz CT molecular complexity index is 4220. The normalized spacial score (nSPS) is 11.8. The van der Waals surface area contributed by atoms with Gasteiger partial charge in [0.25, 0.3) is 0 Å². The van der Waals surface area contributed by atoms with Gasteiger partial charge in [0, 0.05) is 43.7 Å². The Labute approximate surface area is 432 Å². The van der Waals surface area contributed by atoms with Crippen LogP contribution < -0.4 is 9.80 Å². The summed E-state index contributed by atoms with van der Waals surface area (Å²) in [6, 6.07) is 91.2. The minimum absolute atomic E-state index is 1.13. The molecule has 14 aromatic rings. The largest absolute Gasteiger partial charge is 0.309 e. The Morgan fingerprint density at radius 2 is 0.581 bits per heavy atom. The highest BCUT2D eigenvalue weighted by molar-refractivity contribution is 6.33. The van der Waals surface area contributed by atoms with Crippen LogP contribution in [0, 0.1) is 27.7 Å². The zero-order chi connectivity index (χ0) is 49.6. The monoisotopic (exact) mass is 944 g/mol. The first-order valence-corrected chi connectivity index (χ1v) is 25.8. The molecule has 0 unspecified atom stereocenters. The predicted molar refractivity (Wildman–Crippen MR) is 319 cm³/mol. The Morgan fingerprint density at radius 3 is 1.00 bits per heavy atom. The zero-order valence-electron chi connectivity index (χ0n) is 42.0. The van der Waals surface area contributed by atoms with E-state index in [4.69, 9.17) is 0 Å². The van der Waals surface area contributed by atoms with Crippen molar-refractivity contribution in [3.8, 4) is 22.3 Å². The van der Waals surface area contributed by atoms with Crippen molar-refractivity contribution in [2.75, 3.05) is 9.80 Å². The molecule has 0 aliphatic heterocycles. The van der Waals surface area contributed by atoms with Crippen molar-refractivity contribution in [2.24, 2.45) is 0 Å². The van der Waals surface area contributed by atoms with Gasteiger partial charge in [-0.3, -0.25) is 0 Å². The summed E-state index contributed by atoms with van der Waals surface area (Å²) in [5, 5.41) is 17.0. The molecule has 0 spiro atoms. The highest BCUT2D eigenvalue weighted by Crippen LogP contribution is 2.53. The summed E-state index contributed by atoms with van der Waals surface area (Å²) < 4.78 is 0. The van der Waals surface area contributed by atoms with E-state index in [2.05, 4.69) is 280 Å². The molecule has 0 fully saturated rings. The van der Waals surface area contributed by atoms with Crippen LogP contribution in [0.5, 0.6) is 0 Å². The first-order chi connectivity index (χ1) is 36.3. The van der Waals surface area contributed by atoms with Gasteiger partial charge in [0.15, 0.2) is 0 Å². The number of benzene rings is 14. The predicted octanol–water partition coefficient (Wildman–Crippen LogP) is 20.7. The summed E-state index contributed by atoms with van der Waals surface area (Å²) in [6.07, 6.45) is 0. The molecule has 0 saturated heterocycles. The summed E-state index contributed by atoms with van der Waals surface area (Å²) in [6.45, 7) is 8.87. The van der Waals surface area contributed by atoms with E-state index in [1.54, 1.807) is 0 Å². The summed E-state index contributed by atoms with van der Waals surface area (Å²) in [4.78, 5) is 5.09. The number of fused-ring (bicyclic) bond motifs is 4. The molecule has 0 saturated carbocycles. The van der Waals surface area contributed by atoms with Gasteiger partial charge in [-0.05, 0) is 176 Å². The maximum absolute atomic E-state index is 2.54. The topological polar surface area (TPSA) is 6.48 Å². The van der Waals surface area contributed by atoms with Gasteiger partial charge >= 0.3 is 0 Å². The molecule has 0 aliphatic rings. The van der Waals surface area contributed by atoms with E-state index in [1.807, 2.05) is 0 Å². The van der Waals surface area contributed by atoms with Gasteiger partial charge in [-0.25, -0.2) is 0 Å². The number of hydrogen-bond acceptors (Lipinski definition) is 2. The smallest absolute Gasteiger partial charge is 0.0547 e. The molecule has 0 radical (unpaired) electrons. The van der Waals surface area contributed by atoms with Crippen LogP contribution in [0.15, 0.2) is 243 Å². The van der Waals surface area contributed by atoms with Gasteiger partial charge in [0.1, 0.15) is 0 Å². The third-order valence-corrected chi connectivity index (χ3v) is 15.4. The van der Waals surface area contributed by atoms with Gasteiger partial charge in [-0.1, -0.05) is 182 Å². The first-order valence-electron chi connectivity index (χ1n) is 25.8. The zero-order valence-corrected chi connectivity index (χ0v) is 42.0. The lowest BCUT2D eigenvalue weighted by molar-refractivity contribution is 1.27. The van der Waals surface area contributed by atoms with E-state index in [9.17, 15) is 0 Å². The molecule has 0 atom stereocenters. The Kier molecular flexibility index (Phi) is 10.1. The lowest BCUT2D eigenvalue weighted by Gasteiger charge is -2.32. The minimum atomic E-state index is 1.13. The number of aryl methyl sites for hydroxylation is 4. The van der Waals surface area contributed by atoms with Gasteiger partial charge in [0.2, 0.25) is 0 Å². The summed E-state index contributed by atoms with van der Waals surface area (Å²) in [7, 11) is 0. The average Bonchev–Trinajstić information content (AvgIpc) is 3.42. The van der Waals surface area contributed by atoms with Crippen LogP contribution in [0.1, 0.15) is 22.3 Å². The molecule has 0 N–H and O–H groups in total. The molecule has 14 aromatic carbocycles. The maximum Gasteiger partial charge on any atom is 0.0547 e. The van der Waals surface area contributed by atoms with Crippen LogP contribution in [0.3, 0.4) is 0 Å². The van der Waals surface area contributed by atoms with Crippen molar-refractivity contribution < 1.29 is 0 Å². The Morgan fingerprint density at radius 1 is 0.230 bits per heavy atom. The third kappa shape index (κ3) is 7.17. The first kappa shape index (κ1) is 43.5. The second-order valence-corrected chi connectivity index (χ2v) is 20.4. The van der Waals surface area contributed by atoms with Gasteiger partial charge < -0.3 is 9.80 Å². The van der Waals surface area contributed by atoms with Crippen LogP contribution >= 0.6 is 0 Å². The fourth-order valence-corrected chi connectivity index (χ4v) is 12.3. The van der Waals surface area contributed by atoms with Crippen LogP contribution in [0.4, 0.5) is 34.1 Å². The lowest BCUT2D eigenvalue weighted by Crippen LogP contribution is -2.13. The second kappa shape index (κ2) is 17.2. The van der Waals surface area contributed by atoms with Gasteiger partial charge in [-0.2, -0.15) is 0 Å². The summed E-state index contributed by atoms with van der Waals surface area (Å²) in [5.41, 5.74) is 16.5. The van der Waals surface area contributed by atoms with E-state index in [-0.39, 0.29) is 0 Å². The molecule has 350 valence electrons. The fourth-order valence-electron chi connectivity index (χ4n) is 12.3. The second-order valence-electron chi connectivity index (χ2n) is 20.4. The molecule has 0 aliphatic carbocycles. The third-order valence-electron chi connectivity index (χ3n) is 15.4. The molecule has 0 amide bonds. The SMILES string of the molecule is Cc1cc(C)cc(N(c2cccc3ccccc23)c2cc(-c3ccc4ccccc4c3)c3ccc4c(N(c5cc(C)cc(C)c5)c5cccc6ccccc56)cc(-c5ccc6ccccc6c5)c5ccc2c3c54)c1. The quantitative estimate of drug-likeness (QED) is 0.140. The number of hydrogen-bond donors (Lipinski definition) is 0. The summed E-state index contributed by atoms with van der Waals surface area (Å²) in [5.74, 6) is 0. The molecular formula is C72H52N2. The van der Waals surface area contributed by atoms with Gasteiger partial charge in [0.05, 0.1) is 22.7 Å². The maximum atomic E-state index is 2.54. The van der Waals surface area contributed by atoms with Crippen molar-refractivity contribution >= 4 is 110 Å². The average molecular weight is 945 g/mol. The van der Waals surface area contributed by atoms with Crippen molar-refractivity contribution in [3.63, 3.8) is 0 Å². The molecule has 2 heteroatoms. The van der Waals surface area contributed by atoms with E-state index in [0.717, 1.165) is 34.1 Å². The van der Waals surface area contributed by atoms with E-state index < -0.39 is 0 Å². The van der Waals surface area contributed by atoms with Crippen molar-refractivity contribution in [1.29, 1.82) is 0 Å². The van der Waals surface area contributed by atoms with E-state index in [0.29, 0.717) is 0 Å². The molecule has 0 heterocycles. The minimum Gasteiger partial charge on any atom is -0.309 e. The fraction of sp³-hybridized carbons (Fsp3) is 0.0556. The molecule has 0 bridgehead atoms. The summed E-state index contributed by atoms with van der Waals surface area (Å²) >= 11 is 0. The lowest BCUT2D eigenvalue weighted by atomic mass is 9.84. The van der Waals surface area contributed by atoms with Crippen molar-refractivity contribution in [1.82, 2.24) is 0 Å². The molecule has 0 aromatic heterocycles. The van der Waals surface area contributed by atoms with Crippen molar-refractivity contribution in [3.05, 3.63) is 265 Å². The Balaban J connectivity index is 1.18. The molecule has 74 heavy (non-hydrogen) atoms. The Hall–Kier alpha value is -9.24. The highest BCUT2D eigenvalue weighted by Gasteiger charge is 2.27. The van der Waals surface area contributed by atoms with E-state index in [1.165, 1.54) is 120 Å².